The van der Waals surface area contributed by atoms with Crippen molar-refractivity contribution in [2.75, 3.05) is 46.6 Å². The van der Waals surface area contributed by atoms with Gasteiger partial charge in [-0.3, -0.25) is 0 Å². The van der Waals surface area contributed by atoms with E-state index in [1.807, 2.05) is 44.2 Å². The van der Waals surface area contributed by atoms with Crippen molar-refractivity contribution in [2.24, 2.45) is 0 Å². The van der Waals surface area contributed by atoms with Gasteiger partial charge in [0.05, 0.1) is 55.8 Å². The van der Waals surface area contributed by atoms with Crippen LogP contribution in [0, 0.1) is 79.9 Å². The Morgan fingerprint density at radius 1 is 0.480 bits per heavy atom. The zero-order chi connectivity index (χ0) is 71.5. The van der Waals surface area contributed by atoms with E-state index in [-0.39, 0.29) is 129 Å². The molecule has 98 heavy (non-hydrogen) atoms. The first-order chi connectivity index (χ1) is 46.3. The standard InChI is InChI=1S/C25H22F2N2O4S.C24H22F3NO4S.C22H17F3N2O3S/c1-13-4-5-17(22-14(10-28)6-16(26)8-18(13)22)19-7-15(11-29)25(34(3,30)31)23-20(19)9-21(27)24(23)33-12-32-2;1-12-4-5-15(21-13(10-28)6-14(25)7-16(12)21)17-8-20(27)24(33(3,29)30)22-18(17)9-19(26)23(22)32-11-31-2;1-31(29,30)22-11(9-27)5-14(15-7-18(25)21(28)20(15)22)13-2-3-17(24)16-6-12(23)4-10(8-26)19(13)16/h5-8,13,21,24H,4,9,12H2,1-3H3;5-8,12,19,23H,4,9,11H2,1-3H3;4-6,13,17-18,21,28H,2-3,7H2,1H3/t13-,21-,24-;12-,19-,23-;13-,17+,18-,21-/m111/s1. The smallest absolute Gasteiger partial charge is 0.178 e. The highest BCUT2D eigenvalue weighted by Crippen LogP contribution is 2.53. The fraction of sp³-hybridized carbons (Fsp3) is 0.366. The molecule has 6 aromatic rings. The normalized spacial score (nSPS) is 22.6. The van der Waals surface area contributed by atoms with Gasteiger partial charge in [-0.2, -0.15) is 26.3 Å². The molecule has 0 unspecified atom stereocenters. The fourth-order valence-corrected chi connectivity index (χ4v) is 18.0. The topological polar surface area (TPSA) is 279 Å². The van der Waals surface area contributed by atoms with Gasteiger partial charge >= 0.3 is 0 Å². The number of aliphatic hydroxyl groups excluding tert-OH is 1. The average molecular weight is 1410 g/mol. The molecule has 10 atom stereocenters. The number of benzene rings is 6. The Morgan fingerprint density at radius 2 is 0.888 bits per heavy atom. The maximum atomic E-state index is 15.3. The van der Waals surface area contributed by atoms with Crippen LogP contribution in [0.4, 0.5) is 35.1 Å². The summed E-state index contributed by atoms with van der Waals surface area (Å²) in [6.07, 6.45) is -3.77. The number of methoxy groups -OCH3 is 2. The minimum Gasteiger partial charge on any atom is -0.385 e. The summed E-state index contributed by atoms with van der Waals surface area (Å²) in [6, 6.07) is 20.4. The highest BCUT2D eigenvalue weighted by atomic mass is 32.2. The van der Waals surface area contributed by atoms with Gasteiger partial charge in [-0.05, 0) is 159 Å². The average Bonchev–Trinajstić information content (AvgIpc) is 1.45. The third-order valence-corrected chi connectivity index (χ3v) is 22.0. The number of sulfone groups is 3. The fourth-order valence-electron chi connectivity index (χ4n) is 14.6. The van der Waals surface area contributed by atoms with Crippen LogP contribution in [-0.2, 0) is 67.7 Å². The molecule has 6 aliphatic rings. The second-order valence-corrected chi connectivity index (χ2v) is 30.8. The SMILES string of the molecule is COCO[C@H]1c2c(c(C3=CC[C@@H](C)c4cc(F)cc(C#N)c43)cc(C#N)c2S(C)(=O)=O)C[C@H]1F.COCO[C@H]1c2c(c(C3=CC[C@@H](C)c4cc(F)cc(C#N)c43)cc(F)c2S(C)(=O)=O)C[C@H]1F.CS(=O)(=O)c1c(C#N)cc([C@H]2CC[C@H](F)c3cc(F)cc(C#N)c32)c2c1[C@H](O)[C@H](F)C2. The highest BCUT2D eigenvalue weighted by molar-refractivity contribution is 7.91. The summed E-state index contributed by atoms with van der Waals surface area (Å²) in [5, 5.41) is 58.8. The van der Waals surface area contributed by atoms with Gasteiger partial charge in [-0.25, -0.2) is 60.4 Å². The van der Waals surface area contributed by atoms with Crippen molar-refractivity contribution in [2.45, 2.75) is 134 Å². The Hall–Kier alpha value is -8.66. The summed E-state index contributed by atoms with van der Waals surface area (Å²) in [7, 11) is -9.25. The van der Waals surface area contributed by atoms with Gasteiger partial charge in [-0.15, -0.1) is 0 Å². The number of aliphatic hydroxyl groups is 1. The van der Waals surface area contributed by atoms with E-state index in [1.54, 1.807) is 12.1 Å². The first kappa shape index (κ1) is 72.1. The molecular formula is C71H61F8N5O11S3. The van der Waals surface area contributed by atoms with Crippen LogP contribution in [-0.4, -0.2) is 95.4 Å². The lowest BCUT2D eigenvalue weighted by Crippen LogP contribution is -2.18. The minimum atomic E-state index is -4.06. The van der Waals surface area contributed by atoms with Crippen molar-refractivity contribution in [3.8, 4) is 30.3 Å². The molecule has 27 heteroatoms. The van der Waals surface area contributed by atoms with Gasteiger partial charge in [0.2, 0.25) is 0 Å². The second-order valence-electron chi connectivity index (χ2n) is 24.9. The van der Waals surface area contributed by atoms with Gasteiger partial charge in [-0.1, -0.05) is 26.0 Å². The number of fused-ring (bicyclic) bond motifs is 6. The summed E-state index contributed by atoms with van der Waals surface area (Å²) in [4.78, 5) is -1.29. The number of hydrogen-bond acceptors (Lipinski definition) is 16. The van der Waals surface area contributed by atoms with Crippen molar-refractivity contribution in [1.82, 2.24) is 0 Å². The lowest BCUT2D eigenvalue weighted by atomic mass is 9.74. The predicted molar refractivity (Wildman–Crippen MR) is 339 cm³/mol. The third kappa shape index (κ3) is 13.2. The number of rotatable bonds is 12. The summed E-state index contributed by atoms with van der Waals surface area (Å²) >= 11 is 0. The van der Waals surface area contributed by atoms with Crippen molar-refractivity contribution >= 4 is 40.7 Å². The van der Waals surface area contributed by atoms with E-state index < -0.39 is 111 Å². The molecule has 0 aromatic heterocycles. The van der Waals surface area contributed by atoms with Crippen LogP contribution in [0.3, 0.4) is 0 Å². The molecule has 0 saturated carbocycles. The Bertz CT molecular complexity index is 4990. The van der Waals surface area contributed by atoms with Gasteiger partial charge < -0.3 is 24.1 Å². The molecule has 510 valence electrons. The van der Waals surface area contributed by atoms with Crippen molar-refractivity contribution < 1.29 is 84.4 Å². The van der Waals surface area contributed by atoms with E-state index in [0.29, 0.717) is 68.5 Å². The number of halogens is 8. The van der Waals surface area contributed by atoms with E-state index in [4.69, 9.17) is 18.9 Å². The van der Waals surface area contributed by atoms with E-state index in [2.05, 4.69) is 0 Å². The first-order valence-corrected chi connectivity index (χ1v) is 36.2. The van der Waals surface area contributed by atoms with Crippen molar-refractivity contribution in [3.05, 3.63) is 201 Å². The molecule has 6 aliphatic carbocycles. The number of allylic oxidation sites excluding steroid dienone is 2. The lowest BCUT2D eigenvalue weighted by Gasteiger charge is -2.31. The molecule has 6 aromatic carbocycles. The first-order valence-electron chi connectivity index (χ1n) is 30.5. The number of hydrogen-bond donors (Lipinski definition) is 1. The monoisotopic (exact) mass is 1410 g/mol. The van der Waals surface area contributed by atoms with Crippen LogP contribution in [0.2, 0.25) is 0 Å². The number of nitrogens with zero attached hydrogens (tertiary/aromatic N) is 5. The Morgan fingerprint density at radius 3 is 1.34 bits per heavy atom. The highest BCUT2D eigenvalue weighted by Gasteiger charge is 2.46. The third-order valence-electron chi connectivity index (χ3n) is 18.5. The molecule has 0 radical (unpaired) electrons. The lowest BCUT2D eigenvalue weighted by molar-refractivity contribution is -0.0940. The largest absolute Gasteiger partial charge is 0.385 e. The van der Waals surface area contributed by atoms with E-state index in [9.17, 15) is 78.6 Å². The van der Waals surface area contributed by atoms with Gasteiger partial charge in [0.25, 0.3) is 0 Å². The Labute approximate surface area is 560 Å². The summed E-state index contributed by atoms with van der Waals surface area (Å²) in [6.45, 7) is 3.23. The molecule has 0 spiro atoms. The molecule has 0 saturated heterocycles. The summed E-state index contributed by atoms with van der Waals surface area (Å²) < 4.78 is 213. The van der Waals surface area contributed by atoms with Crippen LogP contribution >= 0.6 is 0 Å². The predicted octanol–water partition coefficient (Wildman–Crippen LogP) is 13.0. The van der Waals surface area contributed by atoms with Crippen molar-refractivity contribution in [3.63, 3.8) is 0 Å². The van der Waals surface area contributed by atoms with Crippen LogP contribution < -0.4 is 0 Å². The molecule has 16 nitrogen and oxygen atoms in total. The van der Waals surface area contributed by atoms with Crippen LogP contribution in [0.5, 0.6) is 0 Å². The molecule has 1 N–H and O–H groups in total. The minimum absolute atomic E-state index is 0.0120. The van der Waals surface area contributed by atoms with E-state index in [1.165, 1.54) is 38.5 Å². The summed E-state index contributed by atoms with van der Waals surface area (Å²) in [5.74, 6) is -3.71. The van der Waals surface area contributed by atoms with Crippen LogP contribution in [0.25, 0.3) is 11.1 Å². The zero-order valence-electron chi connectivity index (χ0n) is 53.5. The molecule has 12 rings (SSSR count). The molecule has 0 bridgehead atoms. The maximum absolute atomic E-state index is 15.3. The Kier molecular flexibility index (Phi) is 20.5. The number of alkyl halides is 4. The van der Waals surface area contributed by atoms with Gasteiger partial charge in [0.1, 0.15) is 96.9 Å². The quantitative estimate of drug-likeness (QED) is 0.0880. The van der Waals surface area contributed by atoms with Crippen LogP contribution in [0.1, 0.15) is 193 Å². The number of ether oxygens (including phenoxy) is 4. The molecule has 0 fully saturated rings. The molecule has 0 aliphatic heterocycles. The van der Waals surface area contributed by atoms with Gasteiger partial charge in [0, 0.05) is 86.0 Å². The summed E-state index contributed by atoms with van der Waals surface area (Å²) in [5.41, 5.74) is 5.06. The Balaban J connectivity index is 0.000000159. The zero-order valence-corrected chi connectivity index (χ0v) is 56.0. The second kappa shape index (κ2) is 27.9. The van der Waals surface area contributed by atoms with E-state index >= 15 is 13.2 Å². The molecule has 0 amide bonds. The maximum Gasteiger partial charge on any atom is 0.178 e. The van der Waals surface area contributed by atoms with Gasteiger partial charge in [0.15, 0.2) is 29.5 Å². The molecular weight excluding hydrogens is 1350 g/mol. The van der Waals surface area contributed by atoms with Crippen LogP contribution in [0.15, 0.2) is 81.4 Å². The van der Waals surface area contributed by atoms with Crippen molar-refractivity contribution in [1.29, 1.82) is 26.3 Å². The van der Waals surface area contributed by atoms with E-state index in [0.717, 1.165) is 49.1 Å². The molecule has 0 heterocycles. The number of nitriles is 5.